The van der Waals surface area contributed by atoms with Crippen LogP contribution in [-0.2, 0) is 9.53 Å². The Bertz CT molecular complexity index is 491. The molecule has 1 fully saturated rings. The van der Waals surface area contributed by atoms with Gasteiger partial charge in [0.05, 0.1) is 12.7 Å². The van der Waals surface area contributed by atoms with E-state index in [0.717, 1.165) is 25.7 Å². The van der Waals surface area contributed by atoms with E-state index in [1.165, 1.54) is 7.11 Å². The lowest BCUT2D eigenvalue weighted by Crippen LogP contribution is -2.29. The predicted molar refractivity (Wildman–Crippen MR) is 80.9 cm³/mol. The van der Waals surface area contributed by atoms with E-state index >= 15 is 0 Å². The van der Waals surface area contributed by atoms with Gasteiger partial charge in [0.15, 0.2) is 0 Å². The number of esters is 1. The van der Waals surface area contributed by atoms with Gasteiger partial charge in [-0.05, 0) is 62.4 Å². The van der Waals surface area contributed by atoms with Gasteiger partial charge in [-0.2, -0.15) is 0 Å². The molecule has 0 radical (unpaired) electrons. The summed E-state index contributed by atoms with van der Waals surface area (Å²) in [6, 6.07) is 6.73. The lowest BCUT2D eigenvalue weighted by atomic mass is 9.81. The number of carbonyl (C=O) groups excluding carboxylic acids is 2. The van der Waals surface area contributed by atoms with Crippen LogP contribution in [0.3, 0.4) is 0 Å². The molecule has 1 amide bonds. The number of rotatable bonds is 4. The summed E-state index contributed by atoms with van der Waals surface area (Å²) in [7, 11) is 1.34. The number of amides is 1. The lowest BCUT2D eigenvalue weighted by Gasteiger charge is -2.26. The zero-order valence-corrected chi connectivity index (χ0v) is 12.3. The van der Waals surface area contributed by atoms with Crippen molar-refractivity contribution in [3.05, 3.63) is 29.8 Å². The highest BCUT2D eigenvalue weighted by Crippen LogP contribution is 2.29. The summed E-state index contributed by atoms with van der Waals surface area (Å²) in [5.41, 5.74) is 6.83. The number of methoxy groups -OCH3 is 1. The van der Waals surface area contributed by atoms with E-state index in [-0.39, 0.29) is 17.8 Å². The van der Waals surface area contributed by atoms with E-state index in [0.29, 0.717) is 23.7 Å². The molecule has 0 bridgehead atoms. The van der Waals surface area contributed by atoms with E-state index in [9.17, 15) is 9.59 Å². The van der Waals surface area contributed by atoms with Crippen molar-refractivity contribution in [3.8, 4) is 0 Å². The van der Waals surface area contributed by atoms with Crippen LogP contribution in [0.15, 0.2) is 24.3 Å². The second-order valence-corrected chi connectivity index (χ2v) is 5.51. The summed E-state index contributed by atoms with van der Waals surface area (Å²) < 4.78 is 4.64. The molecule has 5 heteroatoms. The van der Waals surface area contributed by atoms with Crippen molar-refractivity contribution in [1.82, 2.24) is 0 Å². The van der Waals surface area contributed by atoms with Crippen LogP contribution < -0.4 is 11.1 Å². The Hall–Kier alpha value is -1.88. The minimum Gasteiger partial charge on any atom is -0.465 e. The number of hydrogen-bond acceptors (Lipinski definition) is 4. The highest BCUT2D eigenvalue weighted by atomic mass is 16.5. The van der Waals surface area contributed by atoms with E-state index in [2.05, 4.69) is 10.1 Å². The van der Waals surface area contributed by atoms with Crippen LogP contribution >= 0.6 is 0 Å². The van der Waals surface area contributed by atoms with Crippen molar-refractivity contribution in [2.45, 2.75) is 25.7 Å². The van der Waals surface area contributed by atoms with Gasteiger partial charge < -0.3 is 15.8 Å². The number of nitrogens with two attached hydrogens (primary N) is 1. The van der Waals surface area contributed by atoms with E-state index < -0.39 is 0 Å². The Morgan fingerprint density at radius 3 is 2.33 bits per heavy atom. The van der Waals surface area contributed by atoms with Gasteiger partial charge >= 0.3 is 5.97 Å². The van der Waals surface area contributed by atoms with Crippen LogP contribution in [-0.4, -0.2) is 25.5 Å². The van der Waals surface area contributed by atoms with Crippen LogP contribution in [0.5, 0.6) is 0 Å². The third kappa shape index (κ3) is 4.04. The Balaban J connectivity index is 1.89. The maximum Gasteiger partial charge on any atom is 0.337 e. The van der Waals surface area contributed by atoms with Gasteiger partial charge in [0.1, 0.15) is 0 Å². The fourth-order valence-electron chi connectivity index (χ4n) is 2.71. The molecule has 0 unspecified atom stereocenters. The molecule has 1 aromatic carbocycles. The maximum absolute atomic E-state index is 12.2. The van der Waals surface area contributed by atoms with E-state index in [1.54, 1.807) is 24.3 Å². The largest absolute Gasteiger partial charge is 0.465 e. The maximum atomic E-state index is 12.2. The first-order chi connectivity index (χ1) is 10.1. The number of nitrogens with one attached hydrogen (secondary N) is 1. The van der Waals surface area contributed by atoms with Crippen LogP contribution in [0, 0.1) is 11.8 Å². The van der Waals surface area contributed by atoms with Gasteiger partial charge in [-0.1, -0.05) is 0 Å². The fourth-order valence-corrected chi connectivity index (χ4v) is 2.71. The minimum atomic E-state index is -0.381. The molecule has 3 N–H and O–H groups in total. The Morgan fingerprint density at radius 1 is 1.19 bits per heavy atom. The SMILES string of the molecule is COC(=O)c1ccc(NC(=O)C2CCC(CN)CC2)cc1. The summed E-state index contributed by atoms with van der Waals surface area (Å²) in [5.74, 6) is 0.297. The predicted octanol–water partition coefficient (Wildman–Crippen LogP) is 2.18. The topological polar surface area (TPSA) is 81.4 Å². The summed E-state index contributed by atoms with van der Waals surface area (Å²) in [6.07, 6.45) is 3.84. The summed E-state index contributed by atoms with van der Waals surface area (Å²) in [4.78, 5) is 23.5. The Labute approximate surface area is 124 Å². The molecule has 0 aromatic heterocycles. The summed E-state index contributed by atoms with van der Waals surface area (Å²) in [5, 5.41) is 2.91. The Kier molecular flexibility index (Phi) is 5.33. The van der Waals surface area contributed by atoms with E-state index in [1.807, 2.05) is 0 Å². The van der Waals surface area contributed by atoms with Crippen LogP contribution in [0.25, 0.3) is 0 Å². The zero-order valence-electron chi connectivity index (χ0n) is 12.3. The third-order valence-electron chi connectivity index (χ3n) is 4.12. The quantitative estimate of drug-likeness (QED) is 0.833. The van der Waals surface area contributed by atoms with Gasteiger partial charge in [-0.15, -0.1) is 0 Å². The van der Waals surface area contributed by atoms with Crippen LogP contribution in [0.4, 0.5) is 5.69 Å². The van der Waals surface area contributed by atoms with Gasteiger partial charge in [-0.3, -0.25) is 4.79 Å². The van der Waals surface area contributed by atoms with Gasteiger partial charge in [-0.25, -0.2) is 4.79 Å². The minimum absolute atomic E-state index is 0.0521. The van der Waals surface area contributed by atoms with Gasteiger partial charge in [0.25, 0.3) is 0 Å². The molecule has 2 rings (SSSR count). The summed E-state index contributed by atoms with van der Waals surface area (Å²) in [6.45, 7) is 0.712. The molecule has 1 saturated carbocycles. The van der Waals surface area contributed by atoms with Gasteiger partial charge in [0, 0.05) is 11.6 Å². The average molecular weight is 290 g/mol. The average Bonchev–Trinajstić information content (AvgIpc) is 2.55. The first kappa shape index (κ1) is 15.5. The highest BCUT2D eigenvalue weighted by molar-refractivity contribution is 5.94. The molecule has 114 valence electrons. The summed E-state index contributed by atoms with van der Waals surface area (Å²) >= 11 is 0. The molecular formula is C16H22N2O3. The number of benzene rings is 1. The zero-order chi connectivity index (χ0) is 15.2. The normalized spacial score (nSPS) is 21.6. The third-order valence-corrected chi connectivity index (χ3v) is 4.12. The fraction of sp³-hybridized carbons (Fsp3) is 0.500. The lowest BCUT2D eigenvalue weighted by molar-refractivity contribution is -0.121. The highest BCUT2D eigenvalue weighted by Gasteiger charge is 2.25. The molecule has 0 aliphatic heterocycles. The molecule has 1 aromatic rings. The molecule has 0 spiro atoms. The van der Waals surface area contributed by atoms with Gasteiger partial charge in [0.2, 0.25) is 5.91 Å². The molecule has 1 aliphatic carbocycles. The molecule has 0 saturated heterocycles. The Morgan fingerprint density at radius 2 is 1.81 bits per heavy atom. The van der Waals surface area contributed by atoms with E-state index in [4.69, 9.17) is 5.73 Å². The molecule has 0 atom stereocenters. The van der Waals surface area contributed by atoms with Crippen molar-refractivity contribution in [1.29, 1.82) is 0 Å². The standard InChI is InChI=1S/C16H22N2O3/c1-21-16(20)13-6-8-14(9-7-13)18-15(19)12-4-2-11(10-17)3-5-12/h6-9,11-12H,2-5,10,17H2,1H3,(H,18,19). The monoisotopic (exact) mass is 290 g/mol. The molecule has 5 nitrogen and oxygen atoms in total. The van der Waals surface area contributed by atoms with Crippen LogP contribution in [0.2, 0.25) is 0 Å². The molecular weight excluding hydrogens is 268 g/mol. The number of carbonyl (C=O) groups is 2. The van der Waals surface area contributed by atoms with Crippen molar-refractivity contribution in [2.75, 3.05) is 19.0 Å². The van der Waals surface area contributed by atoms with Crippen LogP contribution in [0.1, 0.15) is 36.0 Å². The molecule has 1 aliphatic rings. The van der Waals surface area contributed by atoms with Crippen molar-refractivity contribution in [2.24, 2.45) is 17.6 Å². The second kappa shape index (κ2) is 7.22. The smallest absolute Gasteiger partial charge is 0.337 e. The molecule has 0 heterocycles. The van der Waals surface area contributed by atoms with Crippen molar-refractivity contribution >= 4 is 17.6 Å². The van der Waals surface area contributed by atoms with Crippen molar-refractivity contribution < 1.29 is 14.3 Å². The first-order valence-corrected chi connectivity index (χ1v) is 7.33. The second-order valence-electron chi connectivity index (χ2n) is 5.51. The number of hydrogen-bond donors (Lipinski definition) is 2. The number of anilines is 1. The van der Waals surface area contributed by atoms with Crippen molar-refractivity contribution in [3.63, 3.8) is 0 Å². The molecule has 21 heavy (non-hydrogen) atoms. The number of ether oxygens (including phenoxy) is 1. The first-order valence-electron chi connectivity index (χ1n) is 7.33.